The number of carbonyl (C=O) groups is 1. The predicted octanol–water partition coefficient (Wildman–Crippen LogP) is 0.792. The number of Topliss-reactive ketones (excluding diaryl/α,β-unsaturated/α-hetero) is 1. The van der Waals surface area contributed by atoms with Crippen molar-refractivity contribution < 1.29 is 14.6 Å². The lowest BCUT2D eigenvalue weighted by atomic mass is 9.65. The van der Waals surface area contributed by atoms with E-state index in [-0.39, 0.29) is 11.9 Å². The molecular formula is C10H14O3. The standard InChI is InChI=1S/C10H14O3/c11-7-3-1-6-10(8(7)13-10)9(12)4-2-5-9/h8,12H,1-6H2/t8-,10+/m1/s1. The second-order valence-electron chi connectivity index (χ2n) is 4.59. The maximum absolute atomic E-state index is 11.4. The van der Waals surface area contributed by atoms with Crippen molar-refractivity contribution in [2.24, 2.45) is 0 Å². The van der Waals surface area contributed by atoms with Crippen LogP contribution in [-0.2, 0) is 9.53 Å². The number of hydrogen-bond donors (Lipinski definition) is 1. The van der Waals surface area contributed by atoms with Gasteiger partial charge in [0, 0.05) is 6.42 Å². The van der Waals surface area contributed by atoms with Crippen LogP contribution in [0.2, 0.25) is 0 Å². The molecule has 2 aliphatic carbocycles. The highest BCUT2D eigenvalue weighted by atomic mass is 16.6. The van der Waals surface area contributed by atoms with Gasteiger partial charge in [0.2, 0.25) is 0 Å². The maximum Gasteiger partial charge on any atom is 0.164 e. The summed E-state index contributed by atoms with van der Waals surface area (Å²) in [6, 6.07) is 0. The first-order valence-electron chi connectivity index (χ1n) is 5.11. The molecule has 0 spiro atoms. The van der Waals surface area contributed by atoms with E-state index in [2.05, 4.69) is 0 Å². The molecule has 1 heterocycles. The van der Waals surface area contributed by atoms with Crippen molar-refractivity contribution in [1.82, 2.24) is 0 Å². The van der Waals surface area contributed by atoms with Gasteiger partial charge in [-0.3, -0.25) is 4.79 Å². The van der Waals surface area contributed by atoms with E-state index in [0.29, 0.717) is 6.42 Å². The Labute approximate surface area is 77.1 Å². The first-order valence-corrected chi connectivity index (χ1v) is 5.11. The largest absolute Gasteiger partial charge is 0.387 e. The summed E-state index contributed by atoms with van der Waals surface area (Å²) in [5, 5.41) is 10.2. The van der Waals surface area contributed by atoms with Crippen LogP contribution in [0.1, 0.15) is 38.5 Å². The average molecular weight is 182 g/mol. The highest BCUT2D eigenvalue weighted by Gasteiger charge is 2.73. The topological polar surface area (TPSA) is 49.8 Å². The normalized spacial score (nSPS) is 46.5. The number of epoxide rings is 1. The van der Waals surface area contributed by atoms with Gasteiger partial charge in [0.1, 0.15) is 11.7 Å². The van der Waals surface area contributed by atoms with Crippen LogP contribution < -0.4 is 0 Å². The summed E-state index contributed by atoms with van der Waals surface area (Å²) in [7, 11) is 0. The number of aliphatic hydroxyl groups is 1. The number of hydrogen-bond acceptors (Lipinski definition) is 3. The van der Waals surface area contributed by atoms with Crippen LogP contribution in [0.25, 0.3) is 0 Å². The Morgan fingerprint density at radius 2 is 2.08 bits per heavy atom. The summed E-state index contributed by atoms with van der Waals surface area (Å²) in [6.07, 6.45) is 4.85. The summed E-state index contributed by atoms with van der Waals surface area (Å²) < 4.78 is 5.49. The van der Waals surface area contributed by atoms with Gasteiger partial charge in [0.15, 0.2) is 5.78 Å². The molecule has 1 N–H and O–H groups in total. The van der Waals surface area contributed by atoms with Gasteiger partial charge in [0.25, 0.3) is 0 Å². The molecule has 0 aromatic carbocycles. The van der Waals surface area contributed by atoms with Gasteiger partial charge in [0.05, 0.1) is 5.60 Å². The molecule has 0 aromatic rings. The van der Waals surface area contributed by atoms with Crippen LogP contribution in [0.15, 0.2) is 0 Å². The summed E-state index contributed by atoms with van der Waals surface area (Å²) in [5.41, 5.74) is -1.10. The molecule has 1 saturated heterocycles. The molecule has 3 aliphatic rings. The number of fused-ring (bicyclic) bond motifs is 1. The Balaban J connectivity index is 1.87. The monoisotopic (exact) mass is 182 g/mol. The fourth-order valence-corrected chi connectivity index (χ4v) is 2.87. The van der Waals surface area contributed by atoms with Crippen molar-refractivity contribution >= 4 is 5.78 Å². The predicted molar refractivity (Wildman–Crippen MR) is 45.3 cm³/mol. The molecule has 3 rings (SSSR count). The van der Waals surface area contributed by atoms with E-state index in [9.17, 15) is 9.90 Å². The number of carbonyl (C=O) groups excluding carboxylic acids is 1. The van der Waals surface area contributed by atoms with Gasteiger partial charge in [-0.25, -0.2) is 0 Å². The minimum Gasteiger partial charge on any atom is -0.387 e. The Morgan fingerprint density at radius 1 is 1.31 bits per heavy atom. The summed E-state index contributed by atoms with van der Waals surface area (Å²) in [6.45, 7) is 0. The van der Waals surface area contributed by atoms with E-state index in [1.807, 2.05) is 0 Å². The highest BCUT2D eigenvalue weighted by molar-refractivity contribution is 5.88. The molecular weight excluding hydrogens is 168 g/mol. The van der Waals surface area contributed by atoms with Crippen molar-refractivity contribution in [3.8, 4) is 0 Å². The molecule has 0 radical (unpaired) electrons. The van der Waals surface area contributed by atoms with Gasteiger partial charge in [-0.05, 0) is 32.1 Å². The quantitative estimate of drug-likeness (QED) is 0.610. The van der Waals surface area contributed by atoms with Crippen LogP contribution in [0.4, 0.5) is 0 Å². The van der Waals surface area contributed by atoms with E-state index in [1.54, 1.807) is 0 Å². The zero-order chi connectivity index (χ0) is 9.10. The van der Waals surface area contributed by atoms with Crippen LogP contribution in [-0.4, -0.2) is 28.2 Å². The molecule has 0 amide bonds. The van der Waals surface area contributed by atoms with Crippen LogP contribution in [0.5, 0.6) is 0 Å². The lowest BCUT2D eigenvalue weighted by Gasteiger charge is -2.42. The molecule has 2 atom stereocenters. The van der Waals surface area contributed by atoms with E-state index in [4.69, 9.17) is 4.74 Å². The number of rotatable bonds is 1. The van der Waals surface area contributed by atoms with Crippen LogP contribution in [0.3, 0.4) is 0 Å². The fourth-order valence-electron chi connectivity index (χ4n) is 2.87. The van der Waals surface area contributed by atoms with Gasteiger partial charge in [-0.2, -0.15) is 0 Å². The van der Waals surface area contributed by atoms with E-state index in [1.165, 1.54) is 0 Å². The molecule has 3 fully saturated rings. The Hall–Kier alpha value is -0.410. The third kappa shape index (κ3) is 0.796. The van der Waals surface area contributed by atoms with Gasteiger partial charge < -0.3 is 9.84 Å². The lowest BCUT2D eigenvalue weighted by Crippen LogP contribution is -2.54. The number of ether oxygens (including phenoxy) is 1. The first-order chi connectivity index (χ1) is 6.18. The highest BCUT2D eigenvalue weighted by Crippen LogP contribution is 2.59. The van der Waals surface area contributed by atoms with Gasteiger partial charge >= 0.3 is 0 Å². The van der Waals surface area contributed by atoms with Crippen LogP contribution >= 0.6 is 0 Å². The first kappa shape index (κ1) is 7.94. The van der Waals surface area contributed by atoms with Crippen molar-refractivity contribution in [2.75, 3.05) is 0 Å². The van der Waals surface area contributed by atoms with Crippen molar-refractivity contribution in [3.05, 3.63) is 0 Å². The average Bonchev–Trinajstić information content (AvgIpc) is 2.78. The van der Waals surface area contributed by atoms with Gasteiger partial charge in [-0.1, -0.05) is 0 Å². The molecule has 0 unspecified atom stereocenters. The number of ketones is 1. The smallest absolute Gasteiger partial charge is 0.164 e. The van der Waals surface area contributed by atoms with E-state index < -0.39 is 11.2 Å². The minimum absolute atomic E-state index is 0.201. The summed E-state index contributed by atoms with van der Waals surface area (Å²) in [4.78, 5) is 11.4. The summed E-state index contributed by atoms with van der Waals surface area (Å²) >= 11 is 0. The molecule has 1 aliphatic heterocycles. The third-order valence-corrected chi connectivity index (χ3v) is 3.93. The van der Waals surface area contributed by atoms with Crippen molar-refractivity contribution in [1.29, 1.82) is 0 Å². The zero-order valence-corrected chi connectivity index (χ0v) is 7.58. The van der Waals surface area contributed by atoms with Gasteiger partial charge in [-0.15, -0.1) is 0 Å². The molecule has 0 bridgehead atoms. The SMILES string of the molecule is O=C1CCC[C@]2(C3(O)CCC3)O[C@H]12. The Morgan fingerprint density at radius 3 is 2.69 bits per heavy atom. The zero-order valence-electron chi connectivity index (χ0n) is 7.58. The summed E-state index contributed by atoms with van der Waals surface area (Å²) in [5.74, 6) is 0.201. The maximum atomic E-state index is 11.4. The fraction of sp³-hybridized carbons (Fsp3) is 0.900. The second-order valence-corrected chi connectivity index (χ2v) is 4.59. The van der Waals surface area contributed by atoms with E-state index >= 15 is 0 Å². The van der Waals surface area contributed by atoms with Crippen molar-refractivity contribution in [2.45, 2.75) is 55.8 Å². The Kier molecular flexibility index (Phi) is 1.31. The van der Waals surface area contributed by atoms with Crippen LogP contribution in [0, 0.1) is 0 Å². The molecule has 2 saturated carbocycles. The van der Waals surface area contributed by atoms with Crippen molar-refractivity contribution in [3.63, 3.8) is 0 Å². The third-order valence-electron chi connectivity index (χ3n) is 3.93. The van der Waals surface area contributed by atoms with E-state index in [0.717, 1.165) is 32.1 Å². The lowest BCUT2D eigenvalue weighted by molar-refractivity contribution is -0.124. The molecule has 3 heteroatoms. The molecule has 13 heavy (non-hydrogen) atoms. The Bertz CT molecular complexity index is 269. The minimum atomic E-state index is -0.659. The molecule has 3 nitrogen and oxygen atoms in total. The second kappa shape index (κ2) is 2.15. The molecule has 0 aromatic heterocycles. The molecule has 72 valence electrons.